The second-order valence-corrected chi connectivity index (χ2v) is 2.91. The van der Waals surface area contributed by atoms with Gasteiger partial charge < -0.3 is 9.86 Å². The Morgan fingerprint density at radius 3 is 2.00 bits per heavy atom. The Balaban J connectivity index is 2.80. The molecule has 0 aromatic heterocycles. The van der Waals surface area contributed by atoms with Gasteiger partial charge in [0.1, 0.15) is 0 Å². The Bertz CT molecular complexity index is 31.0. The van der Waals surface area contributed by atoms with Crippen molar-refractivity contribution >= 4 is 17.3 Å². The molecule has 1 unspecified atom stereocenters. The molecule has 24 valence electrons. The van der Waals surface area contributed by atoms with Gasteiger partial charge in [-0.1, -0.05) is 8.79 Å². The van der Waals surface area contributed by atoms with Crippen LogP contribution in [0.1, 0.15) is 0 Å². The standard InChI is InChI=1S/H4NOPSi/c1-4(2)3/h1,3H2. The van der Waals surface area contributed by atoms with Gasteiger partial charge in [-0.3, -0.25) is 0 Å². The quantitative estimate of drug-likeness (QED) is 0.316. The van der Waals surface area contributed by atoms with E-state index in [9.17, 15) is 4.46 Å². The number of hydrogen-bond donors (Lipinski definition) is 1. The highest BCUT2D eigenvalue weighted by molar-refractivity contribution is 7.57. The van der Waals surface area contributed by atoms with E-state index in [0.717, 1.165) is 0 Å². The SMILES string of the molecule is N[Si](=O)P. The molecule has 1 atom stereocenters. The molecular formula is H4NOPSi. The smallest absolute Gasteiger partial charge is 0.400 e. The van der Waals surface area contributed by atoms with E-state index in [-0.39, 0.29) is 0 Å². The molecule has 0 aromatic rings. The summed E-state index contributed by atoms with van der Waals surface area (Å²) in [5.74, 6) is 0. The van der Waals surface area contributed by atoms with Crippen molar-refractivity contribution in [3.63, 3.8) is 0 Å². The Morgan fingerprint density at radius 2 is 2.00 bits per heavy atom. The van der Waals surface area contributed by atoms with Crippen LogP contribution in [0.25, 0.3) is 0 Å². The van der Waals surface area contributed by atoms with Crippen LogP contribution >= 0.6 is 8.79 Å². The van der Waals surface area contributed by atoms with Crippen LogP contribution in [0.5, 0.6) is 0 Å². The van der Waals surface area contributed by atoms with E-state index in [4.69, 9.17) is 0 Å². The van der Waals surface area contributed by atoms with Gasteiger partial charge in [0.15, 0.2) is 0 Å². The van der Waals surface area contributed by atoms with Gasteiger partial charge in [-0.25, -0.2) is 0 Å². The maximum atomic E-state index is 9.37. The first kappa shape index (κ1) is 4.25. The molecule has 0 amide bonds. The van der Waals surface area contributed by atoms with E-state index in [1.54, 1.807) is 0 Å². The zero-order chi connectivity index (χ0) is 3.58. The third-order valence-corrected chi connectivity index (χ3v) is 0. The fourth-order valence-corrected chi connectivity index (χ4v) is 0. The van der Waals surface area contributed by atoms with Gasteiger partial charge in [-0.15, -0.1) is 0 Å². The van der Waals surface area contributed by atoms with Gasteiger partial charge in [0, 0.05) is 0 Å². The number of nitrogens with two attached hydrogens (primary N) is 1. The van der Waals surface area contributed by atoms with Crippen molar-refractivity contribution in [1.82, 2.24) is 0 Å². The van der Waals surface area contributed by atoms with Crippen LogP contribution in [-0.4, -0.2) is 8.51 Å². The predicted molar refractivity (Wildman–Crippen MR) is 20.3 cm³/mol. The summed E-state index contributed by atoms with van der Waals surface area (Å²) in [5, 5.41) is 4.62. The fourth-order valence-electron chi connectivity index (χ4n) is 0. The fraction of sp³-hybridized carbons (Fsp3) is 0. The summed E-state index contributed by atoms with van der Waals surface area (Å²) in [6, 6.07) is 0. The second kappa shape index (κ2) is 1.55. The number of hydrogen-bond acceptors (Lipinski definition) is 1. The summed E-state index contributed by atoms with van der Waals surface area (Å²) in [5.41, 5.74) is 0. The molecule has 0 heterocycles. The third kappa shape index (κ3) is 57.3. The van der Waals surface area contributed by atoms with Crippen molar-refractivity contribution in [2.75, 3.05) is 0 Å². The average molecular weight is 93.1 g/mol. The van der Waals surface area contributed by atoms with Crippen molar-refractivity contribution in [2.24, 2.45) is 5.40 Å². The topological polar surface area (TPSA) is 43.1 Å². The molecule has 0 saturated heterocycles. The maximum absolute atomic E-state index is 9.37. The molecule has 0 bridgehead atoms. The lowest BCUT2D eigenvalue weighted by molar-refractivity contribution is 0.574. The van der Waals surface area contributed by atoms with Crippen LogP contribution in [0.3, 0.4) is 0 Å². The first-order valence-electron chi connectivity index (χ1n) is 0.781. The summed E-state index contributed by atoms with van der Waals surface area (Å²) in [7, 11) is 0.269. The minimum atomic E-state index is -1.71. The van der Waals surface area contributed by atoms with Gasteiger partial charge in [0.05, 0.1) is 0 Å². The highest BCUT2D eigenvalue weighted by atomic mass is 31.3. The second-order valence-electron chi connectivity index (χ2n) is 0.402. The first-order valence-corrected chi connectivity index (χ1v) is 4.08. The number of rotatable bonds is 0. The van der Waals surface area contributed by atoms with Gasteiger partial charge in [-0.05, 0) is 0 Å². The molecule has 2 N–H and O–H groups in total. The van der Waals surface area contributed by atoms with E-state index in [0.29, 0.717) is 0 Å². The highest BCUT2D eigenvalue weighted by Gasteiger charge is 1.70. The Labute approximate surface area is 28.2 Å². The lowest BCUT2D eigenvalue weighted by Gasteiger charge is -1.55. The van der Waals surface area contributed by atoms with E-state index in [1.807, 2.05) is 8.79 Å². The lowest BCUT2D eigenvalue weighted by atomic mass is 13.9. The molecule has 4 heteroatoms. The summed E-state index contributed by atoms with van der Waals surface area (Å²) in [4.78, 5) is 0. The summed E-state index contributed by atoms with van der Waals surface area (Å²) in [6.07, 6.45) is 0. The first-order chi connectivity index (χ1) is 1.73. The van der Waals surface area contributed by atoms with Crippen molar-refractivity contribution in [1.29, 1.82) is 0 Å². The third-order valence-electron chi connectivity index (χ3n) is 0. The van der Waals surface area contributed by atoms with Gasteiger partial charge >= 0.3 is 8.51 Å². The molecule has 0 aliphatic heterocycles. The zero-order valence-corrected chi connectivity index (χ0v) is 4.22. The van der Waals surface area contributed by atoms with Gasteiger partial charge in [0.25, 0.3) is 0 Å². The summed E-state index contributed by atoms with van der Waals surface area (Å²) >= 11 is 0. The zero-order valence-electron chi connectivity index (χ0n) is 2.06. The van der Waals surface area contributed by atoms with E-state index in [1.165, 1.54) is 0 Å². The van der Waals surface area contributed by atoms with Crippen LogP contribution in [0.2, 0.25) is 0 Å². The van der Waals surface area contributed by atoms with Crippen molar-refractivity contribution in [3.05, 3.63) is 0 Å². The normalized spacial score (nSPS) is 6.25. The molecule has 0 fully saturated rings. The summed E-state index contributed by atoms with van der Waals surface area (Å²) < 4.78 is 9.37. The molecule has 0 spiro atoms. The molecule has 0 saturated carbocycles. The predicted octanol–water partition coefficient (Wildman–Crippen LogP) is -0.764. The van der Waals surface area contributed by atoms with Crippen LogP contribution in [0.4, 0.5) is 0 Å². The van der Waals surface area contributed by atoms with E-state index in [2.05, 4.69) is 5.40 Å². The van der Waals surface area contributed by atoms with Crippen molar-refractivity contribution < 1.29 is 4.46 Å². The molecule has 2 nitrogen and oxygen atoms in total. The van der Waals surface area contributed by atoms with Crippen LogP contribution in [0, 0.1) is 0 Å². The van der Waals surface area contributed by atoms with Crippen LogP contribution in [-0.2, 0) is 4.46 Å². The van der Waals surface area contributed by atoms with Gasteiger partial charge in [-0.2, -0.15) is 0 Å². The maximum Gasteiger partial charge on any atom is 0.409 e. The van der Waals surface area contributed by atoms with Crippen molar-refractivity contribution in [3.8, 4) is 0 Å². The van der Waals surface area contributed by atoms with E-state index < -0.39 is 8.51 Å². The molecule has 0 aromatic carbocycles. The van der Waals surface area contributed by atoms with E-state index >= 15 is 0 Å². The molecule has 0 rings (SSSR count). The Kier molecular flexibility index (Phi) is 1.65. The van der Waals surface area contributed by atoms with Crippen molar-refractivity contribution in [2.45, 2.75) is 0 Å². The lowest BCUT2D eigenvalue weighted by Crippen LogP contribution is -2.01. The Morgan fingerprint density at radius 1 is 2.00 bits per heavy atom. The molecule has 0 aliphatic rings. The minimum Gasteiger partial charge on any atom is -0.400 e. The van der Waals surface area contributed by atoms with Crippen LogP contribution in [0.15, 0.2) is 0 Å². The van der Waals surface area contributed by atoms with Crippen LogP contribution < -0.4 is 5.40 Å². The summed E-state index contributed by atoms with van der Waals surface area (Å²) in [6.45, 7) is 0. The monoisotopic (exact) mass is 93.0 g/mol. The largest absolute Gasteiger partial charge is 0.409 e. The Hall–Kier alpha value is 0.247. The van der Waals surface area contributed by atoms with Gasteiger partial charge in [0.2, 0.25) is 0 Å². The molecule has 4 heavy (non-hydrogen) atoms. The molecule has 0 radical (unpaired) electrons. The molecule has 0 aliphatic carbocycles. The minimum absolute atomic E-state index is 1.71. The highest BCUT2D eigenvalue weighted by Crippen LogP contribution is 1.62. The average Bonchev–Trinajstić information content (AvgIpc) is 0.811. The molecular weight excluding hydrogens is 89.1 g/mol.